The summed E-state index contributed by atoms with van der Waals surface area (Å²) in [6.45, 7) is 0.691. The maximum Gasteiger partial charge on any atom is 0.281 e. The van der Waals surface area contributed by atoms with Gasteiger partial charge in [0.15, 0.2) is 11.5 Å². The number of carbonyl (C=O) groups excluding carboxylic acids is 1. The maximum absolute atomic E-state index is 13.6. The molecule has 0 aliphatic rings. The number of carbonyl (C=O) groups is 1. The molecule has 2 N–H and O–H groups in total. The number of anilines is 2. The van der Waals surface area contributed by atoms with Crippen LogP contribution in [-0.2, 0) is 13.1 Å². The van der Waals surface area contributed by atoms with Gasteiger partial charge in [0.05, 0.1) is 21.3 Å². The topological polar surface area (TPSA) is 99.5 Å². The lowest BCUT2D eigenvalue weighted by atomic mass is 10.1. The zero-order valence-electron chi connectivity index (χ0n) is 20.4. The lowest BCUT2D eigenvalue weighted by Crippen LogP contribution is -2.18. The number of aromatic nitrogens is 3. The first-order chi connectivity index (χ1) is 17.9. The molecule has 4 rings (SSSR count). The Morgan fingerprint density at radius 1 is 0.838 bits per heavy atom. The van der Waals surface area contributed by atoms with E-state index in [-0.39, 0.29) is 17.5 Å². The molecule has 1 heterocycles. The van der Waals surface area contributed by atoms with Gasteiger partial charge in [-0.2, -0.15) is 9.67 Å². The molecule has 0 saturated carbocycles. The van der Waals surface area contributed by atoms with E-state index in [2.05, 4.69) is 20.7 Å². The molecule has 0 atom stereocenters. The van der Waals surface area contributed by atoms with Crippen molar-refractivity contribution in [3.05, 3.63) is 87.4 Å². The van der Waals surface area contributed by atoms with Crippen LogP contribution in [0.2, 0.25) is 10.0 Å². The molecule has 1 aromatic heterocycles. The number of benzene rings is 3. The number of methoxy groups -OCH3 is 3. The van der Waals surface area contributed by atoms with Gasteiger partial charge < -0.3 is 24.8 Å². The Morgan fingerprint density at radius 3 is 1.89 bits per heavy atom. The van der Waals surface area contributed by atoms with Crippen molar-refractivity contribution in [3.8, 4) is 17.2 Å². The van der Waals surface area contributed by atoms with Gasteiger partial charge in [0.2, 0.25) is 17.6 Å². The van der Waals surface area contributed by atoms with Crippen molar-refractivity contribution >= 4 is 41.0 Å². The quantitative estimate of drug-likeness (QED) is 0.270. The third-order valence-corrected chi connectivity index (χ3v) is 6.24. The van der Waals surface area contributed by atoms with Crippen molar-refractivity contribution in [1.29, 1.82) is 0 Å². The minimum atomic E-state index is -0.459. The lowest BCUT2D eigenvalue weighted by Gasteiger charge is -2.14. The molecule has 9 nitrogen and oxygen atoms in total. The van der Waals surface area contributed by atoms with Crippen molar-refractivity contribution in [1.82, 2.24) is 14.8 Å². The smallest absolute Gasteiger partial charge is 0.281 e. The molecule has 0 radical (unpaired) electrons. The third kappa shape index (κ3) is 5.90. The standard InChI is InChI=1S/C26H25Cl2N5O4/c1-35-21-12-18(13-22(36-2)23(21)37-3)24(34)33-26(30-15-17-9-5-7-11-20(17)28)31-25(32-33)29-14-16-8-4-6-10-19(16)27/h4-13H,14-15H2,1-3H3,(H2,29,30,31,32). The zero-order chi connectivity index (χ0) is 26.4. The van der Waals surface area contributed by atoms with Crippen LogP contribution in [0.4, 0.5) is 11.9 Å². The van der Waals surface area contributed by atoms with Gasteiger partial charge in [0.1, 0.15) is 0 Å². The van der Waals surface area contributed by atoms with E-state index in [0.717, 1.165) is 11.1 Å². The normalized spacial score (nSPS) is 10.6. The molecule has 0 aliphatic carbocycles. The van der Waals surface area contributed by atoms with Crippen LogP contribution in [0, 0.1) is 0 Å². The number of ether oxygens (including phenoxy) is 3. The molecule has 0 unspecified atom stereocenters. The Morgan fingerprint density at radius 2 is 1.38 bits per heavy atom. The van der Waals surface area contributed by atoms with Crippen molar-refractivity contribution in [2.24, 2.45) is 0 Å². The van der Waals surface area contributed by atoms with Crippen LogP contribution in [0.5, 0.6) is 17.2 Å². The molecule has 192 valence electrons. The van der Waals surface area contributed by atoms with E-state index in [1.165, 1.54) is 26.0 Å². The Labute approximate surface area is 224 Å². The minimum Gasteiger partial charge on any atom is -0.493 e. The summed E-state index contributed by atoms with van der Waals surface area (Å²) in [6.07, 6.45) is 0. The summed E-state index contributed by atoms with van der Waals surface area (Å²) in [7, 11) is 4.45. The van der Waals surface area contributed by atoms with Crippen LogP contribution >= 0.6 is 23.2 Å². The number of nitrogens with one attached hydrogen (secondary N) is 2. The summed E-state index contributed by atoms with van der Waals surface area (Å²) < 4.78 is 17.3. The van der Waals surface area contributed by atoms with Crippen LogP contribution in [-0.4, -0.2) is 42.0 Å². The van der Waals surface area contributed by atoms with Crippen LogP contribution in [0.15, 0.2) is 60.7 Å². The fourth-order valence-electron chi connectivity index (χ4n) is 3.60. The van der Waals surface area contributed by atoms with Gasteiger partial charge in [0, 0.05) is 28.7 Å². The highest BCUT2D eigenvalue weighted by atomic mass is 35.5. The van der Waals surface area contributed by atoms with Gasteiger partial charge in [-0.15, -0.1) is 5.10 Å². The van der Waals surface area contributed by atoms with Crippen molar-refractivity contribution in [3.63, 3.8) is 0 Å². The van der Waals surface area contributed by atoms with Crippen LogP contribution in [0.25, 0.3) is 0 Å². The van der Waals surface area contributed by atoms with Gasteiger partial charge in [0.25, 0.3) is 5.91 Å². The average Bonchev–Trinajstić information content (AvgIpc) is 3.33. The number of halogens is 2. The molecular weight excluding hydrogens is 517 g/mol. The lowest BCUT2D eigenvalue weighted by molar-refractivity contribution is 0.0946. The molecule has 11 heteroatoms. The van der Waals surface area contributed by atoms with Gasteiger partial charge in [-0.25, -0.2) is 0 Å². The van der Waals surface area contributed by atoms with E-state index in [4.69, 9.17) is 37.4 Å². The molecule has 0 aliphatic heterocycles. The molecule has 3 aromatic carbocycles. The highest BCUT2D eigenvalue weighted by molar-refractivity contribution is 6.31. The average molecular weight is 542 g/mol. The van der Waals surface area contributed by atoms with E-state index >= 15 is 0 Å². The first-order valence-electron chi connectivity index (χ1n) is 11.2. The van der Waals surface area contributed by atoms with Crippen molar-refractivity contribution < 1.29 is 19.0 Å². The van der Waals surface area contributed by atoms with E-state index < -0.39 is 5.91 Å². The summed E-state index contributed by atoms with van der Waals surface area (Å²) in [5.74, 6) is 1.06. The minimum absolute atomic E-state index is 0.223. The molecule has 0 spiro atoms. The largest absolute Gasteiger partial charge is 0.493 e. The summed E-state index contributed by atoms with van der Waals surface area (Å²) >= 11 is 12.6. The van der Waals surface area contributed by atoms with Crippen molar-refractivity contribution in [2.75, 3.05) is 32.0 Å². The number of rotatable bonds is 10. The number of nitrogens with zero attached hydrogens (tertiary/aromatic N) is 3. The first kappa shape index (κ1) is 26.1. The molecule has 4 aromatic rings. The van der Waals surface area contributed by atoms with Crippen LogP contribution < -0.4 is 24.8 Å². The van der Waals surface area contributed by atoms with Gasteiger partial charge in [-0.05, 0) is 35.4 Å². The molecule has 0 amide bonds. The molecule has 0 saturated heterocycles. The third-order valence-electron chi connectivity index (χ3n) is 5.50. The summed E-state index contributed by atoms with van der Waals surface area (Å²) in [5, 5.41) is 11.9. The number of hydrogen-bond acceptors (Lipinski definition) is 8. The Hall–Kier alpha value is -3.95. The Bertz CT molecular complexity index is 1380. The summed E-state index contributed by atoms with van der Waals surface area (Å²) in [4.78, 5) is 18.1. The van der Waals surface area contributed by atoms with Gasteiger partial charge in [-0.1, -0.05) is 59.6 Å². The van der Waals surface area contributed by atoms with Gasteiger partial charge in [-0.3, -0.25) is 4.79 Å². The zero-order valence-corrected chi connectivity index (χ0v) is 21.9. The SMILES string of the molecule is COc1cc(C(=O)n2nc(NCc3ccccc3Cl)nc2NCc2ccccc2Cl)cc(OC)c1OC. The number of hydrogen-bond donors (Lipinski definition) is 2. The van der Waals surface area contributed by atoms with Crippen LogP contribution in [0.3, 0.4) is 0 Å². The molecular formula is C26H25Cl2N5O4. The van der Waals surface area contributed by atoms with E-state index in [9.17, 15) is 4.79 Å². The molecule has 37 heavy (non-hydrogen) atoms. The van der Waals surface area contributed by atoms with E-state index in [0.29, 0.717) is 40.4 Å². The molecule has 0 bridgehead atoms. The Balaban J connectivity index is 1.68. The van der Waals surface area contributed by atoms with Crippen LogP contribution in [0.1, 0.15) is 21.5 Å². The monoisotopic (exact) mass is 541 g/mol. The Kier molecular flexibility index (Phi) is 8.37. The predicted octanol–water partition coefficient (Wildman–Crippen LogP) is 5.52. The fourth-order valence-corrected chi connectivity index (χ4v) is 4.01. The van der Waals surface area contributed by atoms with E-state index in [1.54, 1.807) is 24.3 Å². The highest BCUT2D eigenvalue weighted by Gasteiger charge is 2.22. The fraction of sp³-hybridized carbons (Fsp3) is 0.192. The summed E-state index contributed by atoms with van der Waals surface area (Å²) in [6, 6.07) is 17.9. The first-order valence-corrected chi connectivity index (χ1v) is 12.0. The second-order valence-electron chi connectivity index (χ2n) is 7.78. The van der Waals surface area contributed by atoms with E-state index in [1.807, 2.05) is 36.4 Å². The second-order valence-corrected chi connectivity index (χ2v) is 8.59. The maximum atomic E-state index is 13.6. The van der Waals surface area contributed by atoms with Gasteiger partial charge >= 0.3 is 0 Å². The molecule has 0 fully saturated rings. The predicted molar refractivity (Wildman–Crippen MR) is 143 cm³/mol. The second kappa shape index (κ2) is 11.9. The highest BCUT2D eigenvalue weighted by Crippen LogP contribution is 2.38. The van der Waals surface area contributed by atoms with Crippen molar-refractivity contribution in [2.45, 2.75) is 13.1 Å². The summed E-state index contributed by atoms with van der Waals surface area (Å²) in [5.41, 5.74) is 1.96.